The molecule has 0 spiro atoms. The lowest BCUT2D eigenvalue weighted by molar-refractivity contribution is 0.0446. The second-order valence-corrected chi connectivity index (χ2v) is 8.33. The number of nitrogens with zero attached hydrogens (tertiary/aromatic N) is 5. The number of alkyl halides is 2. The van der Waals surface area contributed by atoms with Gasteiger partial charge >= 0.3 is 6.55 Å². The van der Waals surface area contributed by atoms with Crippen LogP contribution in [0.4, 0.5) is 20.2 Å². The molecule has 2 aliphatic rings. The van der Waals surface area contributed by atoms with E-state index in [1.165, 1.54) is 16.9 Å². The molecular formula is C22H23F2N5O4. The van der Waals surface area contributed by atoms with Crippen LogP contribution in [0.2, 0.25) is 0 Å². The van der Waals surface area contributed by atoms with Crippen LogP contribution in [0.5, 0.6) is 5.75 Å². The fourth-order valence-electron chi connectivity index (χ4n) is 4.29. The van der Waals surface area contributed by atoms with Crippen molar-refractivity contribution in [3.05, 3.63) is 47.9 Å². The van der Waals surface area contributed by atoms with Gasteiger partial charge in [-0.05, 0) is 19.1 Å². The number of amides is 1. The first kappa shape index (κ1) is 21.5. The summed E-state index contributed by atoms with van der Waals surface area (Å²) in [5, 5.41) is 13.8. The first-order valence-corrected chi connectivity index (χ1v) is 10.6. The molecule has 4 heterocycles. The van der Waals surface area contributed by atoms with Gasteiger partial charge in [0.2, 0.25) is 0 Å². The third-order valence-electron chi connectivity index (χ3n) is 5.95. The van der Waals surface area contributed by atoms with E-state index in [2.05, 4.69) is 10.1 Å². The predicted molar refractivity (Wildman–Crippen MR) is 115 cm³/mol. The molecule has 1 fully saturated rings. The van der Waals surface area contributed by atoms with Gasteiger partial charge in [-0.3, -0.25) is 4.79 Å². The fourth-order valence-corrected chi connectivity index (χ4v) is 4.29. The molecule has 3 aromatic rings. The van der Waals surface area contributed by atoms with Crippen molar-refractivity contribution in [2.45, 2.75) is 25.5 Å². The molecule has 11 heteroatoms. The number of rotatable bonds is 5. The van der Waals surface area contributed by atoms with Crippen molar-refractivity contribution in [3.63, 3.8) is 0 Å². The van der Waals surface area contributed by atoms with Crippen LogP contribution in [0.1, 0.15) is 22.8 Å². The summed E-state index contributed by atoms with van der Waals surface area (Å²) in [5.74, 6) is -0.395. The van der Waals surface area contributed by atoms with Gasteiger partial charge in [-0.25, -0.2) is 14.4 Å². The summed E-state index contributed by atoms with van der Waals surface area (Å²) in [6.45, 7) is 0.246. The highest BCUT2D eigenvalue weighted by molar-refractivity contribution is 6.11. The van der Waals surface area contributed by atoms with Crippen molar-refractivity contribution >= 4 is 22.9 Å². The normalized spacial score (nSPS) is 20.2. The monoisotopic (exact) mass is 459 g/mol. The maximum Gasteiger partial charge on any atom is 0.321 e. The third kappa shape index (κ3) is 3.76. The highest BCUT2D eigenvalue weighted by Gasteiger charge is 2.38. The lowest BCUT2D eigenvalue weighted by atomic mass is 9.99. The molecular weight excluding hydrogens is 436 g/mol. The Morgan fingerprint density at radius 3 is 2.85 bits per heavy atom. The minimum Gasteiger partial charge on any atom is -0.484 e. The molecule has 2 aromatic heterocycles. The van der Waals surface area contributed by atoms with Gasteiger partial charge < -0.3 is 19.5 Å². The fraction of sp³-hybridized carbons (Fsp3) is 0.409. The van der Waals surface area contributed by atoms with Gasteiger partial charge in [0.1, 0.15) is 16.9 Å². The lowest BCUT2D eigenvalue weighted by Gasteiger charge is -2.33. The summed E-state index contributed by atoms with van der Waals surface area (Å²) >= 11 is 0. The minimum absolute atomic E-state index is 0.0271. The standard InChI is InChI=1S/C22H23F2N5O4/c1-22(13-30)11-14-9-17(16(10-18(14)33-22)27-5-7-32-8-6-27)29(21(23)24)20(31)15-12-26-28-4-2-3-25-19(15)28/h2-4,9-10,12,21,30H,5-8,11,13H2,1H3. The summed E-state index contributed by atoms with van der Waals surface area (Å²) < 4.78 is 41.7. The van der Waals surface area contributed by atoms with Gasteiger partial charge in [0.15, 0.2) is 5.65 Å². The van der Waals surface area contributed by atoms with Crippen LogP contribution in [-0.2, 0) is 11.2 Å². The Bertz CT molecular complexity index is 1200. The largest absolute Gasteiger partial charge is 0.484 e. The summed E-state index contributed by atoms with van der Waals surface area (Å²) in [6, 6.07) is 4.87. The van der Waals surface area contributed by atoms with Crippen molar-refractivity contribution in [3.8, 4) is 5.75 Å². The second-order valence-electron chi connectivity index (χ2n) is 8.33. The number of hydrogen-bond donors (Lipinski definition) is 1. The molecule has 1 saturated heterocycles. The molecule has 1 N–H and O–H groups in total. The molecule has 5 rings (SSSR count). The first-order valence-electron chi connectivity index (χ1n) is 10.6. The molecule has 1 amide bonds. The van der Waals surface area contributed by atoms with Crippen molar-refractivity contribution in [2.75, 3.05) is 42.7 Å². The minimum atomic E-state index is -3.11. The maximum absolute atomic E-state index is 14.5. The van der Waals surface area contributed by atoms with E-state index in [1.54, 1.807) is 31.3 Å². The number of halogens is 2. The Labute approximate surface area is 188 Å². The predicted octanol–water partition coefficient (Wildman–Crippen LogP) is 2.12. The van der Waals surface area contributed by atoms with E-state index >= 15 is 0 Å². The zero-order valence-electron chi connectivity index (χ0n) is 17.9. The number of carbonyl (C=O) groups excluding carboxylic acids is 1. The zero-order valence-corrected chi connectivity index (χ0v) is 17.9. The number of aliphatic hydroxyl groups is 1. The second kappa shape index (κ2) is 8.23. The SMILES string of the molecule is CC1(CO)Cc2cc(N(C(=O)c3cnn4cccnc34)C(F)F)c(N3CCOCC3)cc2O1. The van der Waals surface area contributed by atoms with Crippen LogP contribution in [0.25, 0.3) is 5.65 Å². The number of anilines is 2. The number of aromatic nitrogens is 3. The molecule has 1 unspecified atom stereocenters. The van der Waals surface area contributed by atoms with Crippen LogP contribution >= 0.6 is 0 Å². The Morgan fingerprint density at radius 1 is 1.33 bits per heavy atom. The number of morpholine rings is 1. The summed E-state index contributed by atoms with van der Waals surface area (Å²) in [6.07, 6.45) is 4.64. The van der Waals surface area contributed by atoms with E-state index in [4.69, 9.17) is 9.47 Å². The van der Waals surface area contributed by atoms with Crippen LogP contribution in [-0.4, -0.2) is 70.7 Å². The highest BCUT2D eigenvalue weighted by atomic mass is 19.3. The Morgan fingerprint density at radius 2 is 2.12 bits per heavy atom. The number of fused-ring (bicyclic) bond motifs is 2. The van der Waals surface area contributed by atoms with Crippen LogP contribution in [0, 0.1) is 0 Å². The topological polar surface area (TPSA) is 92.4 Å². The molecule has 0 radical (unpaired) electrons. The molecule has 0 aliphatic carbocycles. The van der Waals surface area contributed by atoms with E-state index < -0.39 is 18.1 Å². The Balaban J connectivity index is 1.63. The van der Waals surface area contributed by atoms with Gasteiger partial charge in [0.05, 0.1) is 37.4 Å². The summed E-state index contributed by atoms with van der Waals surface area (Å²) in [7, 11) is 0. The Hall–Kier alpha value is -3.31. The van der Waals surface area contributed by atoms with Gasteiger partial charge in [0, 0.05) is 43.5 Å². The lowest BCUT2D eigenvalue weighted by Crippen LogP contribution is -2.40. The molecule has 1 aromatic carbocycles. The van der Waals surface area contributed by atoms with Gasteiger partial charge in [-0.15, -0.1) is 0 Å². The van der Waals surface area contributed by atoms with Crippen molar-refractivity contribution in [1.82, 2.24) is 14.6 Å². The van der Waals surface area contributed by atoms with E-state index in [9.17, 15) is 18.7 Å². The third-order valence-corrected chi connectivity index (χ3v) is 5.95. The highest BCUT2D eigenvalue weighted by Crippen LogP contribution is 2.44. The van der Waals surface area contributed by atoms with Gasteiger partial charge in [-0.2, -0.15) is 13.9 Å². The average molecular weight is 459 g/mol. The van der Waals surface area contributed by atoms with E-state index in [-0.39, 0.29) is 23.5 Å². The number of ether oxygens (including phenoxy) is 2. The van der Waals surface area contributed by atoms with E-state index in [1.807, 2.05) is 4.90 Å². The molecule has 174 valence electrons. The number of hydrogen-bond acceptors (Lipinski definition) is 7. The number of carbonyl (C=O) groups is 1. The molecule has 33 heavy (non-hydrogen) atoms. The first-order chi connectivity index (χ1) is 15.9. The molecule has 0 bridgehead atoms. The van der Waals surface area contributed by atoms with Crippen LogP contribution in [0.15, 0.2) is 36.8 Å². The number of aliphatic hydroxyl groups excluding tert-OH is 1. The molecule has 9 nitrogen and oxygen atoms in total. The average Bonchev–Trinajstić information content (AvgIpc) is 3.39. The molecule has 0 saturated carbocycles. The molecule has 1 atom stereocenters. The Kier molecular flexibility index (Phi) is 5.37. The van der Waals surface area contributed by atoms with Crippen molar-refractivity contribution < 1.29 is 28.2 Å². The van der Waals surface area contributed by atoms with E-state index in [0.29, 0.717) is 54.6 Å². The maximum atomic E-state index is 14.5. The smallest absolute Gasteiger partial charge is 0.321 e. The van der Waals surface area contributed by atoms with Gasteiger partial charge in [-0.1, -0.05) is 0 Å². The number of benzene rings is 1. The molecule has 2 aliphatic heterocycles. The van der Waals surface area contributed by atoms with Crippen molar-refractivity contribution in [1.29, 1.82) is 0 Å². The van der Waals surface area contributed by atoms with Crippen LogP contribution < -0.4 is 14.5 Å². The summed E-state index contributed by atoms with van der Waals surface area (Å²) in [5.41, 5.74) is 0.471. The quantitative estimate of drug-likeness (QED) is 0.585. The summed E-state index contributed by atoms with van der Waals surface area (Å²) in [4.78, 5) is 19.9. The van der Waals surface area contributed by atoms with Crippen LogP contribution in [0.3, 0.4) is 0 Å². The van der Waals surface area contributed by atoms with Gasteiger partial charge in [0.25, 0.3) is 5.91 Å². The van der Waals surface area contributed by atoms with E-state index in [0.717, 1.165) is 0 Å². The van der Waals surface area contributed by atoms with Crippen molar-refractivity contribution in [2.24, 2.45) is 0 Å². The zero-order chi connectivity index (χ0) is 23.2.